The van der Waals surface area contributed by atoms with Crippen LogP contribution in [0.4, 0.5) is 0 Å². The van der Waals surface area contributed by atoms with Crippen LogP contribution in [0.5, 0.6) is 0 Å². The van der Waals surface area contributed by atoms with E-state index in [2.05, 4.69) is 4.74 Å². The Morgan fingerprint density at radius 2 is 1.94 bits per heavy atom. The molecule has 0 aliphatic rings. The molecule has 0 amide bonds. The summed E-state index contributed by atoms with van der Waals surface area (Å²) in [5, 5.41) is 0. The van der Waals surface area contributed by atoms with Crippen LogP contribution in [-0.4, -0.2) is 64.2 Å². The van der Waals surface area contributed by atoms with Gasteiger partial charge in [-0.2, -0.15) is 4.31 Å². The highest BCUT2D eigenvalue weighted by Gasteiger charge is 2.22. The maximum atomic E-state index is 12.0. The van der Waals surface area contributed by atoms with E-state index in [0.29, 0.717) is 6.42 Å². The Kier molecular flexibility index (Phi) is 9.35. The summed E-state index contributed by atoms with van der Waals surface area (Å²) in [6.07, 6.45) is 0.409. The molecule has 0 radical (unpaired) electrons. The van der Waals surface area contributed by atoms with Gasteiger partial charge in [-0.1, -0.05) is 0 Å². The predicted molar refractivity (Wildman–Crippen MR) is 69.2 cm³/mol. The number of ether oxygens (including phenoxy) is 2. The Bertz CT molecular complexity index is 333. The largest absolute Gasteiger partial charge is 0.469 e. The smallest absolute Gasteiger partial charge is 0.306 e. The zero-order chi connectivity index (χ0) is 14.0. The van der Waals surface area contributed by atoms with E-state index in [-0.39, 0.29) is 37.8 Å². The van der Waals surface area contributed by atoms with Gasteiger partial charge in [-0.25, -0.2) is 8.42 Å². The van der Waals surface area contributed by atoms with Gasteiger partial charge in [0.25, 0.3) is 0 Å². The van der Waals surface area contributed by atoms with Crippen molar-refractivity contribution in [2.24, 2.45) is 0 Å². The van der Waals surface area contributed by atoms with Crippen molar-refractivity contribution in [1.29, 1.82) is 0 Å². The Balaban J connectivity index is 4.49. The highest BCUT2D eigenvalue weighted by Crippen LogP contribution is 2.06. The Hall–Kier alpha value is -0.370. The number of carbonyl (C=O) groups excluding carboxylic acids is 1. The van der Waals surface area contributed by atoms with Crippen molar-refractivity contribution in [2.75, 3.05) is 45.5 Å². The van der Waals surface area contributed by atoms with Crippen LogP contribution in [0.25, 0.3) is 0 Å². The fourth-order valence-corrected chi connectivity index (χ4v) is 3.05. The minimum Gasteiger partial charge on any atom is -0.469 e. The van der Waals surface area contributed by atoms with Gasteiger partial charge < -0.3 is 9.47 Å². The van der Waals surface area contributed by atoms with E-state index in [1.165, 1.54) is 18.5 Å². The van der Waals surface area contributed by atoms with Crippen molar-refractivity contribution < 1.29 is 22.7 Å². The molecule has 0 aliphatic heterocycles. The van der Waals surface area contributed by atoms with Crippen molar-refractivity contribution in [3.63, 3.8) is 0 Å². The molecule has 0 fully saturated rings. The predicted octanol–water partition coefficient (Wildman–Crippen LogP) is 0.457. The Morgan fingerprint density at radius 1 is 1.28 bits per heavy atom. The molecule has 108 valence electrons. The third-order valence-corrected chi connectivity index (χ3v) is 4.49. The third-order valence-electron chi connectivity index (χ3n) is 2.27. The molecule has 0 spiro atoms. The second kappa shape index (κ2) is 9.55. The van der Waals surface area contributed by atoms with Gasteiger partial charge in [0.2, 0.25) is 10.0 Å². The summed E-state index contributed by atoms with van der Waals surface area (Å²) in [7, 11) is -0.642. The lowest BCUT2D eigenvalue weighted by atomic mass is 10.4. The molecule has 0 aromatic carbocycles. The Labute approximate surface area is 113 Å². The van der Waals surface area contributed by atoms with Crippen LogP contribution < -0.4 is 0 Å². The van der Waals surface area contributed by atoms with Gasteiger partial charge in [-0.15, -0.1) is 11.6 Å². The third kappa shape index (κ3) is 7.15. The van der Waals surface area contributed by atoms with E-state index in [4.69, 9.17) is 16.3 Å². The summed E-state index contributed by atoms with van der Waals surface area (Å²) in [6, 6.07) is 0. The van der Waals surface area contributed by atoms with E-state index in [1.54, 1.807) is 0 Å². The van der Waals surface area contributed by atoms with Crippen molar-refractivity contribution in [2.45, 2.75) is 12.8 Å². The fourth-order valence-electron chi connectivity index (χ4n) is 1.27. The molecule has 0 saturated heterocycles. The SMILES string of the molecule is COCCN(CCC(=O)OC)S(=O)(=O)CCCCl. The number of hydrogen-bond acceptors (Lipinski definition) is 5. The van der Waals surface area contributed by atoms with Gasteiger partial charge in [0.15, 0.2) is 0 Å². The van der Waals surface area contributed by atoms with E-state index in [0.717, 1.165) is 0 Å². The van der Waals surface area contributed by atoms with Crippen LogP contribution in [0.3, 0.4) is 0 Å². The van der Waals surface area contributed by atoms with E-state index in [9.17, 15) is 13.2 Å². The van der Waals surface area contributed by atoms with E-state index in [1.807, 2.05) is 0 Å². The van der Waals surface area contributed by atoms with Crippen molar-refractivity contribution in [3.8, 4) is 0 Å². The lowest BCUT2D eigenvalue weighted by molar-refractivity contribution is -0.140. The highest BCUT2D eigenvalue weighted by atomic mass is 35.5. The number of esters is 1. The quantitative estimate of drug-likeness (QED) is 0.433. The number of methoxy groups -OCH3 is 2. The maximum Gasteiger partial charge on any atom is 0.306 e. The van der Waals surface area contributed by atoms with Gasteiger partial charge >= 0.3 is 5.97 Å². The monoisotopic (exact) mass is 301 g/mol. The average Bonchev–Trinajstić information content (AvgIpc) is 2.35. The number of sulfonamides is 1. The van der Waals surface area contributed by atoms with Crippen LogP contribution in [0.2, 0.25) is 0 Å². The number of alkyl halides is 1. The summed E-state index contributed by atoms with van der Waals surface area (Å²) in [5.74, 6) is -0.180. The molecule has 0 rings (SSSR count). The molecule has 0 aromatic rings. The zero-order valence-corrected chi connectivity index (χ0v) is 12.3. The number of hydrogen-bond donors (Lipinski definition) is 0. The van der Waals surface area contributed by atoms with Gasteiger partial charge in [0, 0.05) is 26.1 Å². The van der Waals surface area contributed by atoms with Crippen molar-refractivity contribution in [1.82, 2.24) is 4.31 Å². The molecule has 0 bridgehead atoms. The summed E-state index contributed by atoms with van der Waals surface area (Å²) in [6.45, 7) is 0.597. The summed E-state index contributed by atoms with van der Waals surface area (Å²) in [4.78, 5) is 11.0. The molecule has 0 saturated carbocycles. The second-order valence-corrected chi connectivity index (χ2v) is 6.04. The van der Waals surface area contributed by atoms with Gasteiger partial charge in [-0.05, 0) is 6.42 Å². The first-order valence-electron chi connectivity index (χ1n) is 5.57. The van der Waals surface area contributed by atoms with Crippen LogP contribution in [-0.2, 0) is 24.3 Å². The molecule has 0 aliphatic carbocycles. The van der Waals surface area contributed by atoms with Crippen molar-refractivity contribution >= 4 is 27.6 Å². The summed E-state index contributed by atoms with van der Waals surface area (Å²) in [5.41, 5.74) is 0. The molecule has 18 heavy (non-hydrogen) atoms. The highest BCUT2D eigenvalue weighted by molar-refractivity contribution is 7.89. The molecule has 0 atom stereocenters. The lowest BCUT2D eigenvalue weighted by Crippen LogP contribution is -2.37. The number of nitrogens with zero attached hydrogens (tertiary/aromatic N) is 1. The topological polar surface area (TPSA) is 72.9 Å². The number of halogens is 1. The molecule has 0 aromatic heterocycles. The standard InChI is InChI=1S/C10H20ClNO5S/c1-16-8-7-12(6-4-10(13)17-2)18(14,15)9-3-5-11/h3-9H2,1-2H3. The van der Waals surface area contributed by atoms with E-state index >= 15 is 0 Å². The molecular weight excluding hydrogens is 282 g/mol. The average molecular weight is 302 g/mol. The maximum absolute atomic E-state index is 12.0. The van der Waals surface area contributed by atoms with Crippen molar-refractivity contribution in [3.05, 3.63) is 0 Å². The van der Waals surface area contributed by atoms with Gasteiger partial charge in [0.1, 0.15) is 0 Å². The van der Waals surface area contributed by atoms with Gasteiger partial charge in [0.05, 0.1) is 25.9 Å². The minimum absolute atomic E-state index is 0.0264. The lowest BCUT2D eigenvalue weighted by Gasteiger charge is -2.21. The van der Waals surface area contributed by atoms with Crippen LogP contribution in [0.15, 0.2) is 0 Å². The molecule has 0 N–H and O–H groups in total. The summed E-state index contributed by atoms with van der Waals surface area (Å²) < 4.78 is 34.5. The van der Waals surface area contributed by atoms with Gasteiger partial charge in [-0.3, -0.25) is 4.79 Å². The molecule has 6 nitrogen and oxygen atoms in total. The van der Waals surface area contributed by atoms with Crippen LogP contribution in [0.1, 0.15) is 12.8 Å². The van der Waals surface area contributed by atoms with E-state index < -0.39 is 16.0 Å². The fraction of sp³-hybridized carbons (Fsp3) is 0.900. The molecule has 0 heterocycles. The first-order valence-corrected chi connectivity index (χ1v) is 7.71. The molecular formula is C10H20ClNO5S. The first-order chi connectivity index (χ1) is 8.47. The summed E-state index contributed by atoms with van der Waals surface area (Å²) >= 11 is 5.48. The second-order valence-electron chi connectivity index (χ2n) is 3.58. The zero-order valence-electron chi connectivity index (χ0n) is 10.7. The van der Waals surface area contributed by atoms with Crippen LogP contribution in [0, 0.1) is 0 Å². The first kappa shape index (κ1) is 17.6. The minimum atomic E-state index is -3.40. The molecule has 8 heteroatoms. The normalized spacial score (nSPS) is 11.8. The number of carbonyl (C=O) groups is 1. The Morgan fingerprint density at radius 3 is 2.44 bits per heavy atom. The molecule has 0 unspecified atom stereocenters. The van der Waals surface area contributed by atoms with Crippen LogP contribution >= 0.6 is 11.6 Å². The number of rotatable bonds is 10.